The summed E-state index contributed by atoms with van der Waals surface area (Å²) in [4.78, 5) is 12.4. The summed E-state index contributed by atoms with van der Waals surface area (Å²) in [7, 11) is 0. The maximum atomic E-state index is 12.4. The molecule has 2 aromatic rings. The highest BCUT2D eigenvalue weighted by molar-refractivity contribution is 5.46. The Morgan fingerprint density at radius 3 is 2.62 bits per heavy atom. The van der Waals surface area contributed by atoms with Crippen LogP contribution < -0.4 is 5.63 Å². The van der Waals surface area contributed by atoms with Crippen LogP contribution in [0.3, 0.4) is 0 Å². The Balaban J connectivity index is 2.15. The van der Waals surface area contributed by atoms with E-state index in [1.807, 2.05) is 37.3 Å². The van der Waals surface area contributed by atoms with Crippen LogP contribution in [-0.2, 0) is 12.8 Å². The van der Waals surface area contributed by atoms with Crippen molar-refractivity contribution in [2.75, 3.05) is 0 Å². The van der Waals surface area contributed by atoms with Gasteiger partial charge in [0, 0.05) is 17.9 Å². The molecule has 1 N–H and O–H groups in total. The van der Waals surface area contributed by atoms with E-state index in [0.717, 1.165) is 43.2 Å². The molecule has 1 aliphatic rings. The molecule has 0 unspecified atom stereocenters. The Hall–Kier alpha value is -2.03. The van der Waals surface area contributed by atoms with Crippen molar-refractivity contribution in [1.29, 1.82) is 0 Å². The van der Waals surface area contributed by atoms with Gasteiger partial charge in [0.05, 0.1) is 5.56 Å². The lowest BCUT2D eigenvalue weighted by Crippen LogP contribution is -2.18. The number of fused-ring (bicyclic) bond motifs is 1. The third-order valence-corrected chi connectivity index (χ3v) is 4.35. The predicted molar refractivity (Wildman–Crippen MR) is 81.9 cm³/mol. The van der Waals surface area contributed by atoms with Crippen molar-refractivity contribution in [3.63, 3.8) is 0 Å². The first-order chi connectivity index (χ1) is 10.2. The van der Waals surface area contributed by atoms with Gasteiger partial charge in [-0.15, -0.1) is 0 Å². The Labute approximate surface area is 124 Å². The van der Waals surface area contributed by atoms with Gasteiger partial charge in [-0.2, -0.15) is 0 Å². The van der Waals surface area contributed by atoms with Crippen LogP contribution in [-0.4, -0.2) is 5.11 Å². The van der Waals surface area contributed by atoms with Crippen molar-refractivity contribution in [1.82, 2.24) is 0 Å². The van der Waals surface area contributed by atoms with E-state index < -0.39 is 0 Å². The van der Waals surface area contributed by atoms with E-state index in [-0.39, 0.29) is 17.3 Å². The second kappa shape index (κ2) is 5.76. The second-order valence-electron chi connectivity index (χ2n) is 5.63. The molecule has 0 spiro atoms. The quantitative estimate of drug-likeness (QED) is 0.933. The molecule has 3 nitrogen and oxygen atoms in total. The summed E-state index contributed by atoms with van der Waals surface area (Å²) in [5, 5.41) is 10.6. The van der Waals surface area contributed by atoms with Gasteiger partial charge in [-0.05, 0) is 31.2 Å². The number of aryl methyl sites for hydroxylation is 1. The van der Waals surface area contributed by atoms with Gasteiger partial charge >= 0.3 is 5.63 Å². The Bertz CT molecular complexity index is 686. The average molecular weight is 284 g/mol. The fourth-order valence-electron chi connectivity index (χ4n) is 3.27. The molecule has 1 aromatic carbocycles. The van der Waals surface area contributed by atoms with Crippen LogP contribution in [0.25, 0.3) is 0 Å². The number of aromatic hydroxyl groups is 1. The monoisotopic (exact) mass is 284 g/mol. The van der Waals surface area contributed by atoms with E-state index in [0.29, 0.717) is 11.3 Å². The number of benzene rings is 1. The summed E-state index contributed by atoms with van der Waals surface area (Å²) in [6.45, 7) is 2.02. The van der Waals surface area contributed by atoms with Gasteiger partial charge in [0.25, 0.3) is 0 Å². The third-order valence-electron chi connectivity index (χ3n) is 4.35. The Morgan fingerprint density at radius 1 is 1.19 bits per heavy atom. The van der Waals surface area contributed by atoms with Crippen LogP contribution in [0, 0.1) is 0 Å². The molecule has 1 aromatic heterocycles. The van der Waals surface area contributed by atoms with Gasteiger partial charge in [0.15, 0.2) is 0 Å². The zero-order valence-electron chi connectivity index (χ0n) is 12.3. The van der Waals surface area contributed by atoms with Crippen molar-refractivity contribution >= 4 is 0 Å². The molecule has 0 radical (unpaired) electrons. The number of rotatable bonds is 3. The molecule has 1 atom stereocenters. The molecule has 21 heavy (non-hydrogen) atoms. The zero-order chi connectivity index (χ0) is 14.8. The molecule has 3 rings (SSSR count). The van der Waals surface area contributed by atoms with E-state index in [4.69, 9.17) is 4.42 Å². The van der Waals surface area contributed by atoms with Gasteiger partial charge < -0.3 is 9.52 Å². The van der Waals surface area contributed by atoms with Gasteiger partial charge in [0.2, 0.25) is 0 Å². The van der Waals surface area contributed by atoms with E-state index in [2.05, 4.69) is 0 Å². The van der Waals surface area contributed by atoms with Crippen molar-refractivity contribution in [2.24, 2.45) is 0 Å². The van der Waals surface area contributed by atoms with Crippen molar-refractivity contribution < 1.29 is 9.52 Å². The summed E-state index contributed by atoms with van der Waals surface area (Å²) < 4.78 is 5.50. The second-order valence-corrected chi connectivity index (χ2v) is 5.63. The Kier molecular flexibility index (Phi) is 3.82. The summed E-state index contributed by atoms with van der Waals surface area (Å²) in [5.41, 5.74) is 1.91. The van der Waals surface area contributed by atoms with Gasteiger partial charge in [-0.25, -0.2) is 4.79 Å². The maximum Gasteiger partial charge on any atom is 0.343 e. The van der Waals surface area contributed by atoms with E-state index in [9.17, 15) is 9.90 Å². The lowest BCUT2D eigenvalue weighted by atomic mass is 9.86. The maximum absolute atomic E-state index is 12.4. The largest absolute Gasteiger partial charge is 0.507 e. The highest BCUT2D eigenvalue weighted by atomic mass is 16.4. The highest BCUT2D eigenvalue weighted by Gasteiger charge is 2.26. The van der Waals surface area contributed by atoms with Crippen LogP contribution in [0.4, 0.5) is 0 Å². The fraction of sp³-hybridized carbons (Fsp3) is 0.389. The molecule has 1 heterocycles. The minimum Gasteiger partial charge on any atom is -0.507 e. The van der Waals surface area contributed by atoms with Gasteiger partial charge in [-0.1, -0.05) is 37.3 Å². The molecule has 3 heteroatoms. The molecular weight excluding hydrogens is 264 g/mol. The van der Waals surface area contributed by atoms with Gasteiger partial charge in [0.1, 0.15) is 11.5 Å². The zero-order valence-corrected chi connectivity index (χ0v) is 12.3. The molecule has 0 fully saturated rings. The minimum atomic E-state index is -0.385. The van der Waals surface area contributed by atoms with Crippen LogP contribution in [0.2, 0.25) is 0 Å². The first-order valence-electron chi connectivity index (χ1n) is 7.65. The standard InChI is InChI=1S/C18H20O3/c1-2-13(12-8-4-3-5-9-12)16-17(19)14-10-6-7-11-15(14)21-18(16)20/h3-5,8-9,13,19H,2,6-7,10-11H2,1H3/t13-/m1/s1. The van der Waals surface area contributed by atoms with Crippen LogP contribution in [0.15, 0.2) is 39.5 Å². The molecule has 110 valence electrons. The topological polar surface area (TPSA) is 50.4 Å². The molecule has 0 aliphatic heterocycles. The van der Waals surface area contributed by atoms with Crippen LogP contribution in [0.1, 0.15) is 54.6 Å². The van der Waals surface area contributed by atoms with Crippen LogP contribution in [0.5, 0.6) is 5.75 Å². The number of hydrogen-bond acceptors (Lipinski definition) is 3. The molecule has 1 aliphatic carbocycles. The molecule has 0 amide bonds. The normalized spacial score (nSPS) is 15.5. The number of hydrogen-bond donors (Lipinski definition) is 1. The first-order valence-corrected chi connectivity index (χ1v) is 7.65. The molecule has 0 saturated carbocycles. The van der Waals surface area contributed by atoms with E-state index in [1.54, 1.807) is 0 Å². The highest BCUT2D eigenvalue weighted by Crippen LogP contribution is 2.37. The summed E-state index contributed by atoms with van der Waals surface area (Å²) in [5.74, 6) is 0.724. The summed E-state index contributed by atoms with van der Waals surface area (Å²) >= 11 is 0. The van der Waals surface area contributed by atoms with Crippen LogP contribution >= 0.6 is 0 Å². The molecule has 0 bridgehead atoms. The van der Waals surface area contributed by atoms with Crippen molar-refractivity contribution in [3.05, 3.63) is 63.2 Å². The average Bonchev–Trinajstić information content (AvgIpc) is 2.52. The Morgan fingerprint density at radius 2 is 1.90 bits per heavy atom. The smallest absolute Gasteiger partial charge is 0.343 e. The van der Waals surface area contributed by atoms with Crippen molar-refractivity contribution in [2.45, 2.75) is 44.9 Å². The summed E-state index contributed by atoms with van der Waals surface area (Å²) in [6, 6.07) is 9.84. The first kappa shape index (κ1) is 13.9. The van der Waals surface area contributed by atoms with Crippen molar-refractivity contribution in [3.8, 4) is 5.75 Å². The molecular formula is C18H20O3. The molecule has 0 saturated heterocycles. The minimum absolute atomic E-state index is 0.116. The van der Waals surface area contributed by atoms with E-state index >= 15 is 0 Å². The predicted octanol–water partition coefficient (Wildman–Crippen LogP) is 3.77. The fourth-order valence-corrected chi connectivity index (χ4v) is 3.27. The third kappa shape index (κ3) is 2.48. The lowest BCUT2D eigenvalue weighted by molar-refractivity contribution is 0.379. The van der Waals surface area contributed by atoms with E-state index in [1.165, 1.54) is 0 Å². The summed E-state index contributed by atoms with van der Waals surface area (Å²) in [6.07, 6.45) is 4.35. The lowest BCUT2D eigenvalue weighted by Gasteiger charge is -2.21. The van der Waals surface area contributed by atoms with Gasteiger partial charge in [-0.3, -0.25) is 0 Å². The SMILES string of the molecule is CC[C@H](c1ccccc1)c1c(O)c2c(oc1=O)CCCC2.